The van der Waals surface area contributed by atoms with Crippen molar-refractivity contribution < 1.29 is 14.0 Å². The van der Waals surface area contributed by atoms with E-state index in [1.165, 1.54) is 0 Å². The number of carbonyl (C=O) groups excluding carboxylic acids is 1. The molecule has 0 heterocycles. The zero-order valence-electron chi connectivity index (χ0n) is 11.4. The van der Waals surface area contributed by atoms with E-state index in [-0.39, 0.29) is 12.1 Å². The number of hydrogen-bond acceptors (Lipinski definition) is 2. The lowest BCUT2D eigenvalue weighted by atomic mass is 10.1. The van der Waals surface area contributed by atoms with Crippen molar-refractivity contribution >= 4 is 5.97 Å². The molecule has 1 rings (SSSR count). The number of quaternary nitrogens is 1. The molecule has 3 heteroatoms. The summed E-state index contributed by atoms with van der Waals surface area (Å²) in [5, 5.41) is 0. The Morgan fingerprint density at radius 3 is 2.41 bits per heavy atom. The van der Waals surface area contributed by atoms with Gasteiger partial charge in [0.1, 0.15) is 12.6 Å². The molecule has 0 N–H and O–H groups in total. The van der Waals surface area contributed by atoms with Crippen LogP contribution in [0.4, 0.5) is 0 Å². The first kappa shape index (κ1) is 13.7. The molecule has 0 saturated carbocycles. The molecule has 0 bridgehead atoms. The Hall–Kier alpha value is -1.35. The van der Waals surface area contributed by atoms with Gasteiger partial charge in [-0.15, -0.1) is 0 Å². The second kappa shape index (κ2) is 5.32. The van der Waals surface area contributed by atoms with Crippen LogP contribution in [0.5, 0.6) is 0 Å². The number of carbonyl (C=O) groups is 1. The fourth-order valence-electron chi connectivity index (χ4n) is 1.86. The third-order valence-electron chi connectivity index (χ3n) is 2.48. The molecular weight excluding hydrogens is 214 g/mol. The summed E-state index contributed by atoms with van der Waals surface area (Å²) >= 11 is 0. The smallest absolute Gasteiger partial charge is 0.338 e. The second-order valence-electron chi connectivity index (χ2n) is 5.50. The first-order valence-corrected chi connectivity index (χ1v) is 5.86. The molecule has 1 unspecified atom stereocenters. The van der Waals surface area contributed by atoms with Crippen molar-refractivity contribution in [1.29, 1.82) is 0 Å². The SMILES string of the molecule is Cc1ccccc1C(=O)OC(C)C[N+](C)(C)C. The zero-order chi connectivity index (χ0) is 13.1. The summed E-state index contributed by atoms with van der Waals surface area (Å²) in [5.41, 5.74) is 1.61. The molecule has 94 valence electrons. The van der Waals surface area contributed by atoms with E-state index in [9.17, 15) is 4.79 Å². The molecule has 0 amide bonds. The molecule has 0 aliphatic carbocycles. The van der Waals surface area contributed by atoms with Gasteiger partial charge in [-0.25, -0.2) is 4.79 Å². The monoisotopic (exact) mass is 236 g/mol. The van der Waals surface area contributed by atoms with Crippen molar-refractivity contribution in [2.75, 3.05) is 27.7 Å². The largest absolute Gasteiger partial charge is 0.453 e. The predicted octanol–water partition coefficient (Wildman–Crippen LogP) is 2.25. The van der Waals surface area contributed by atoms with Gasteiger partial charge in [0.25, 0.3) is 0 Å². The van der Waals surface area contributed by atoms with Gasteiger partial charge in [0.05, 0.1) is 26.7 Å². The van der Waals surface area contributed by atoms with Gasteiger partial charge in [0.2, 0.25) is 0 Å². The third-order valence-corrected chi connectivity index (χ3v) is 2.48. The number of ether oxygens (including phenoxy) is 1. The summed E-state index contributed by atoms with van der Waals surface area (Å²) < 4.78 is 6.22. The van der Waals surface area contributed by atoms with Gasteiger partial charge in [0.15, 0.2) is 0 Å². The predicted molar refractivity (Wildman–Crippen MR) is 69.0 cm³/mol. The summed E-state index contributed by atoms with van der Waals surface area (Å²) in [6.45, 7) is 4.65. The van der Waals surface area contributed by atoms with E-state index in [1.807, 2.05) is 32.0 Å². The summed E-state index contributed by atoms with van der Waals surface area (Å²) in [5.74, 6) is -0.232. The molecule has 3 nitrogen and oxygen atoms in total. The molecule has 1 aromatic rings. The van der Waals surface area contributed by atoms with E-state index in [0.717, 1.165) is 16.6 Å². The highest BCUT2D eigenvalue weighted by Crippen LogP contribution is 2.10. The first-order chi connectivity index (χ1) is 7.79. The van der Waals surface area contributed by atoms with E-state index < -0.39 is 0 Å². The van der Waals surface area contributed by atoms with Crippen LogP contribution in [0.2, 0.25) is 0 Å². The first-order valence-electron chi connectivity index (χ1n) is 5.86. The van der Waals surface area contributed by atoms with Gasteiger partial charge < -0.3 is 9.22 Å². The minimum absolute atomic E-state index is 0.0814. The number of hydrogen-bond donors (Lipinski definition) is 0. The van der Waals surface area contributed by atoms with Crippen LogP contribution >= 0.6 is 0 Å². The second-order valence-corrected chi connectivity index (χ2v) is 5.50. The lowest BCUT2D eigenvalue weighted by Crippen LogP contribution is -2.41. The molecule has 1 aromatic carbocycles. The maximum absolute atomic E-state index is 11.9. The Morgan fingerprint density at radius 2 is 1.88 bits per heavy atom. The van der Waals surface area contributed by atoms with Crippen molar-refractivity contribution in [2.45, 2.75) is 20.0 Å². The highest BCUT2D eigenvalue weighted by Gasteiger charge is 2.19. The molecule has 0 fully saturated rings. The van der Waals surface area contributed by atoms with Gasteiger partial charge in [-0.1, -0.05) is 18.2 Å². The molecule has 0 spiro atoms. The Balaban J connectivity index is 2.64. The normalized spacial score (nSPS) is 13.2. The van der Waals surface area contributed by atoms with Crippen LogP contribution in [0.1, 0.15) is 22.8 Å². The average Bonchev–Trinajstić information content (AvgIpc) is 2.14. The summed E-state index contributed by atoms with van der Waals surface area (Å²) in [6.07, 6.45) is -0.0814. The number of nitrogens with zero attached hydrogens (tertiary/aromatic N) is 1. The molecule has 1 atom stereocenters. The molecule has 0 aliphatic heterocycles. The van der Waals surface area contributed by atoms with E-state index in [1.54, 1.807) is 6.07 Å². The third kappa shape index (κ3) is 4.57. The Labute approximate surface area is 104 Å². The van der Waals surface area contributed by atoms with Crippen molar-refractivity contribution in [2.24, 2.45) is 0 Å². The van der Waals surface area contributed by atoms with E-state index in [4.69, 9.17) is 4.74 Å². The van der Waals surface area contributed by atoms with Crippen LogP contribution in [0.15, 0.2) is 24.3 Å². The summed E-state index contributed by atoms with van der Waals surface area (Å²) in [7, 11) is 6.24. The van der Waals surface area contributed by atoms with Crippen molar-refractivity contribution in [1.82, 2.24) is 0 Å². The maximum atomic E-state index is 11.9. The minimum Gasteiger partial charge on any atom is -0.453 e. The van der Waals surface area contributed by atoms with Crippen molar-refractivity contribution in [3.63, 3.8) is 0 Å². The molecular formula is C14H22NO2+. The van der Waals surface area contributed by atoms with Crippen LogP contribution in [0.25, 0.3) is 0 Å². The highest BCUT2D eigenvalue weighted by atomic mass is 16.5. The van der Waals surface area contributed by atoms with Crippen LogP contribution in [-0.4, -0.2) is 44.2 Å². The molecule has 0 aromatic heterocycles. The minimum atomic E-state index is -0.232. The number of aryl methyl sites for hydroxylation is 1. The average molecular weight is 236 g/mol. The van der Waals surface area contributed by atoms with E-state index >= 15 is 0 Å². The number of esters is 1. The topological polar surface area (TPSA) is 26.3 Å². The van der Waals surface area contributed by atoms with Gasteiger partial charge in [0, 0.05) is 0 Å². The van der Waals surface area contributed by atoms with Crippen LogP contribution in [0.3, 0.4) is 0 Å². The fraction of sp³-hybridized carbons (Fsp3) is 0.500. The highest BCUT2D eigenvalue weighted by molar-refractivity contribution is 5.91. The number of likely N-dealkylation sites (N-methyl/N-ethyl adjacent to an activating group) is 1. The molecule has 0 radical (unpaired) electrons. The van der Waals surface area contributed by atoms with Crippen LogP contribution in [0, 0.1) is 6.92 Å². The fourth-order valence-corrected chi connectivity index (χ4v) is 1.86. The molecule has 0 aliphatic rings. The Bertz CT molecular complexity index is 393. The van der Waals surface area contributed by atoms with Gasteiger partial charge in [-0.05, 0) is 25.5 Å². The Morgan fingerprint density at radius 1 is 1.29 bits per heavy atom. The number of rotatable bonds is 4. The zero-order valence-corrected chi connectivity index (χ0v) is 11.4. The maximum Gasteiger partial charge on any atom is 0.338 e. The molecule has 0 saturated heterocycles. The molecule has 17 heavy (non-hydrogen) atoms. The van der Waals surface area contributed by atoms with Crippen molar-refractivity contribution in [3.8, 4) is 0 Å². The lowest BCUT2D eigenvalue weighted by molar-refractivity contribution is -0.873. The number of benzene rings is 1. The van der Waals surface area contributed by atoms with Crippen LogP contribution < -0.4 is 0 Å². The van der Waals surface area contributed by atoms with Crippen molar-refractivity contribution in [3.05, 3.63) is 35.4 Å². The van der Waals surface area contributed by atoms with E-state index in [0.29, 0.717) is 5.56 Å². The summed E-state index contributed by atoms with van der Waals surface area (Å²) in [6, 6.07) is 7.49. The quantitative estimate of drug-likeness (QED) is 0.592. The Kier molecular flexibility index (Phi) is 4.29. The standard InChI is InChI=1S/C14H22NO2/c1-11-8-6-7-9-13(11)14(16)17-12(2)10-15(3,4)5/h6-9,12H,10H2,1-5H3/q+1. The van der Waals surface area contributed by atoms with Gasteiger partial charge in [-0.3, -0.25) is 0 Å². The van der Waals surface area contributed by atoms with Gasteiger partial charge >= 0.3 is 5.97 Å². The lowest BCUT2D eigenvalue weighted by Gasteiger charge is -2.27. The van der Waals surface area contributed by atoms with Gasteiger partial charge in [-0.2, -0.15) is 0 Å². The van der Waals surface area contributed by atoms with E-state index in [2.05, 4.69) is 21.1 Å². The van der Waals surface area contributed by atoms with Crippen LogP contribution in [-0.2, 0) is 4.74 Å². The summed E-state index contributed by atoms with van der Waals surface area (Å²) in [4.78, 5) is 11.9.